The number of aromatic nitrogens is 1. The first-order chi connectivity index (χ1) is 8.78. The molecule has 0 fully saturated rings. The van der Waals surface area contributed by atoms with Crippen LogP contribution in [0.15, 0.2) is 41.0 Å². The van der Waals surface area contributed by atoms with Crippen molar-refractivity contribution in [3.8, 4) is 0 Å². The molecule has 1 aromatic heterocycles. The Labute approximate surface area is 111 Å². The fourth-order valence-corrected chi connectivity index (χ4v) is 1.72. The minimum absolute atomic E-state index is 0.423. The van der Waals surface area contributed by atoms with E-state index in [4.69, 9.17) is 16.6 Å². The van der Waals surface area contributed by atoms with Gasteiger partial charge < -0.3 is 9.73 Å². The molecule has 1 heterocycles. The fourth-order valence-electron chi connectivity index (χ4n) is 1.52. The number of thiocarbonyl (C=S) groups is 1. The third-order valence-corrected chi connectivity index (χ3v) is 2.51. The van der Waals surface area contributed by atoms with Crippen LogP contribution in [0.1, 0.15) is 19.0 Å². The summed E-state index contributed by atoms with van der Waals surface area (Å²) in [7, 11) is 0. The van der Waals surface area contributed by atoms with Crippen molar-refractivity contribution in [1.82, 2.24) is 4.98 Å². The monoisotopic (exact) mass is 261 g/mol. The van der Waals surface area contributed by atoms with Crippen molar-refractivity contribution in [2.45, 2.75) is 19.8 Å². The molecule has 2 rings (SSSR count). The summed E-state index contributed by atoms with van der Waals surface area (Å²) in [5, 5.41) is 6.43. The molecular weight excluding hydrogens is 246 g/mol. The van der Waals surface area contributed by atoms with Crippen LogP contribution in [0.4, 0.5) is 11.7 Å². The zero-order chi connectivity index (χ0) is 12.8. The van der Waals surface area contributed by atoms with Crippen molar-refractivity contribution in [2.75, 3.05) is 10.6 Å². The van der Waals surface area contributed by atoms with Crippen LogP contribution in [-0.2, 0) is 6.42 Å². The highest BCUT2D eigenvalue weighted by molar-refractivity contribution is 7.80. The van der Waals surface area contributed by atoms with Crippen molar-refractivity contribution in [2.24, 2.45) is 0 Å². The topological polar surface area (TPSA) is 50.1 Å². The van der Waals surface area contributed by atoms with Gasteiger partial charge in [0.05, 0.1) is 5.69 Å². The highest BCUT2D eigenvalue weighted by Crippen LogP contribution is 2.10. The van der Waals surface area contributed by atoms with Gasteiger partial charge in [0.25, 0.3) is 0 Å². The highest BCUT2D eigenvalue weighted by atomic mass is 32.1. The molecule has 0 aliphatic rings. The van der Waals surface area contributed by atoms with Gasteiger partial charge in [-0.25, -0.2) is 0 Å². The lowest BCUT2D eigenvalue weighted by Crippen LogP contribution is -2.19. The standard InChI is InChI=1S/C13H15N3OS/c1-2-6-11-9-17-12(14-11)16-13(18)15-10-7-4-3-5-8-10/h3-5,7-9H,2,6H2,1H3,(H2,14,15,16,18). The zero-order valence-corrected chi connectivity index (χ0v) is 11.0. The van der Waals surface area contributed by atoms with Gasteiger partial charge in [0.2, 0.25) is 0 Å². The number of oxazole rings is 1. The molecular formula is C13H15N3OS. The fraction of sp³-hybridized carbons (Fsp3) is 0.231. The number of hydrogen-bond acceptors (Lipinski definition) is 3. The van der Waals surface area contributed by atoms with E-state index in [0.717, 1.165) is 24.2 Å². The molecule has 2 aromatic rings. The van der Waals surface area contributed by atoms with Crippen LogP contribution in [0, 0.1) is 0 Å². The first-order valence-electron chi connectivity index (χ1n) is 5.85. The summed E-state index contributed by atoms with van der Waals surface area (Å²) in [5.74, 6) is 0. The summed E-state index contributed by atoms with van der Waals surface area (Å²) in [4.78, 5) is 4.28. The summed E-state index contributed by atoms with van der Waals surface area (Å²) in [6.07, 6.45) is 3.60. The van der Waals surface area contributed by atoms with Crippen molar-refractivity contribution < 1.29 is 4.42 Å². The molecule has 0 saturated heterocycles. The molecule has 94 valence electrons. The van der Waals surface area contributed by atoms with E-state index >= 15 is 0 Å². The van der Waals surface area contributed by atoms with Crippen molar-refractivity contribution in [3.05, 3.63) is 42.3 Å². The zero-order valence-electron chi connectivity index (χ0n) is 10.1. The molecule has 0 atom stereocenters. The SMILES string of the molecule is CCCc1coc(NC(=S)Nc2ccccc2)n1. The smallest absolute Gasteiger partial charge is 0.301 e. The lowest BCUT2D eigenvalue weighted by molar-refractivity contribution is 0.577. The van der Waals surface area contributed by atoms with E-state index in [1.807, 2.05) is 30.3 Å². The molecule has 0 spiro atoms. The van der Waals surface area contributed by atoms with Gasteiger partial charge in [-0.1, -0.05) is 31.5 Å². The number of rotatable bonds is 4. The quantitative estimate of drug-likeness (QED) is 0.826. The van der Waals surface area contributed by atoms with Gasteiger partial charge in [-0.05, 0) is 30.8 Å². The molecule has 1 aromatic carbocycles. The summed E-state index contributed by atoms with van der Waals surface area (Å²) in [6.45, 7) is 2.10. The van der Waals surface area contributed by atoms with Gasteiger partial charge in [0, 0.05) is 5.69 Å². The molecule has 0 radical (unpaired) electrons. The number of nitrogens with zero attached hydrogens (tertiary/aromatic N) is 1. The van der Waals surface area contributed by atoms with E-state index < -0.39 is 0 Å². The van der Waals surface area contributed by atoms with Gasteiger partial charge >= 0.3 is 6.01 Å². The van der Waals surface area contributed by atoms with E-state index in [1.165, 1.54) is 0 Å². The third-order valence-electron chi connectivity index (χ3n) is 2.31. The maximum atomic E-state index is 5.28. The van der Waals surface area contributed by atoms with Crippen LogP contribution in [0.5, 0.6) is 0 Å². The van der Waals surface area contributed by atoms with Crippen LogP contribution in [-0.4, -0.2) is 10.1 Å². The number of benzene rings is 1. The second-order valence-electron chi connectivity index (χ2n) is 3.84. The predicted molar refractivity (Wildman–Crippen MR) is 76.8 cm³/mol. The minimum Gasteiger partial charge on any atom is -0.432 e. The van der Waals surface area contributed by atoms with Gasteiger partial charge in [-0.15, -0.1) is 0 Å². The average Bonchev–Trinajstić information content (AvgIpc) is 2.78. The second-order valence-corrected chi connectivity index (χ2v) is 4.25. The Kier molecular flexibility index (Phi) is 4.30. The van der Waals surface area contributed by atoms with E-state index in [9.17, 15) is 0 Å². The molecule has 2 N–H and O–H groups in total. The third kappa shape index (κ3) is 3.56. The van der Waals surface area contributed by atoms with E-state index in [2.05, 4.69) is 22.5 Å². The molecule has 0 bridgehead atoms. The molecule has 0 aliphatic carbocycles. The number of nitrogens with one attached hydrogen (secondary N) is 2. The lowest BCUT2D eigenvalue weighted by Gasteiger charge is -2.06. The second kappa shape index (κ2) is 6.16. The number of para-hydroxylation sites is 1. The number of hydrogen-bond donors (Lipinski definition) is 2. The van der Waals surface area contributed by atoms with E-state index in [1.54, 1.807) is 6.26 Å². The average molecular weight is 261 g/mol. The molecule has 0 unspecified atom stereocenters. The van der Waals surface area contributed by atoms with Crippen molar-refractivity contribution in [1.29, 1.82) is 0 Å². The first-order valence-corrected chi connectivity index (χ1v) is 6.26. The van der Waals surface area contributed by atoms with Crippen LogP contribution < -0.4 is 10.6 Å². The Bertz CT molecular complexity index is 510. The van der Waals surface area contributed by atoms with Crippen LogP contribution >= 0.6 is 12.2 Å². The van der Waals surface area contributed by atoms with E-state index in [0.29, 0.717) is 11.1 Å². The van der Waals surface area contributed by atoms with Crippen molar-refractivity contribution in [3.63, 3.8) is 0 Å². The normalized spacial score (nSPS) is 10.1. The molecule has 18 heavy (non-hydrogen) atoms. The largest absolute Gasteiger partial charge is 0.432 e. The Morgan fingerprint density at radius 1 is 1.28 bits per heavy atom. The van der Waals surface area contributed by atoms with Crippen LogP contribution in [0.3, 0.4) is 0 Å². The lowest BCUT2D eigenvalue weighted by atomic mass is 10.3. The summed E-state index contributed by atoms with van der Waals surface area (Å²) in [5.41, 5.74) is 1.86. The maximum absolute atomic E-state index is 5.28. The molecule has 0 amide bonds. The van der Waals surface area contributed by atoms with Gasteiger partial charge in [-0.3, -0.25) is 5.32 Å². The predicted octanol–water partition coefficient (Wildman–Crippen LogP) is 3.44. The first kappa shape index (κ1) is 12.6. The summed E-state index contributed by atoms with van der Waals surface area (Å²) >= 11 is 5.17. The molecule has 4 nitrogen and oxygen atoms in total. The highest BCUT2D eigenvalue weighted by Gasteiger charge is 2.05. The van der Waals surface area contributed by atoms with Crippen molar-refractivity contribution >= 4 is 29.0 Å². The molecule has 0 aliphatic heterocycles. The maximum Gasteiger partial charge on any atom is 0.301 e. The Hall–Kier alpha value is -1.88. The number of anilines is 2. The van der Waals surface area contributed by atoms with Gasteiger partial charge in [0.1, 0.15) is 6.26 Å². The van der Waals surface area contributed by atoms with E-state index in [-0.39, 0.29) is 0 Å². The van der Waals surface area contributed by atoms with Gasteiger partial charge in [-0.2, -0.15) is 4.98 Å². The Morgan fingerprint density at radius 2 is 2.06 bits per heavy atom. The molecule has 0 saturated carbocycles. The number of aryl methyl sites for hydroxylation is 1. The Balaban J connectivity index is 1.90. The minimum atomic E-state index is 0.423. The van der Waals surface area contributed by atoms with Crippen LogP contribution in [0.2, 0.25) is 0 Å². The molecule has 5 heteroatoms. The summed E-state index contributed by atoms with van der Waals surface area (Å²) < 4.78 is 5.28. The summed E-state index contributed by atoms with van der Waals surface area (Å²) in [6, 6.07) is 10.1. The van der Waals surface area contributed by atoms with Gasteiger partial charge in [0.15, 0.2) is 5.11 Å². The van der Waals surface area contributed by atoms with Crippen LogP contribution in [0.25, 0.3) is 0 Å². The Morgan fingerprint density at radius 3 is 2.78 bits per heavy atom.